The summed E-state index contributed by atoms with van der Waals surface area (Å²) in [7, 11) is -4.24. The van der Waals surface area contributed by atoms with Gasteiger partial charge >= 0.3 is 0 Å². The maximum Gasteiger partial charge on any atom is 0.249 e. The van der Waals surface area contributed by atoms with Crippen LogP contribution in [0, 0.1) is 23.5 Å². The number of rotatable bonds is 3. The summed E-state index contributed by atoms with van der Waals surface area (Å²) in [5.41, 5.74) is 0. The van der Waals surface area contributed by atoms with Gasteiger partial charge in [-0.3, -0.25) is 4.79 Å². The Morgan fingerprint density at radius 3 is 2.13 bits per heavy atom. The minimum atomic E-state index is -4.24. The van der Waals surface area contributed by atoms with Gasteiger partial charge in [0.2, 0.25) is 15.9 Å². The lowest BCUT2D eigenvalue weighted by molar-refractivity contribution is -0.134. The second-order valence-corrected chi connectivity index (χ2v) is 7.97. The third-order valence-corrected chi connectivity index (χ3v) is 6.44. The molecule has 1 saturated heterocycles. The Hall–Kier alpha value is -1.54. The Bertz CT molecular complexity index is 710. The SMILES string of the molecule is CC1CC1C(=O)N1CCN(S(=O)(=O)c2c(F)cccc2F)CC1. The highest BCUT2D eigenvalue weighted by Gasteiger charge is 2.43. The van der Waals surface area contributed by atoms with Gasteiger partial charge in [-0.05, 0) is 24.5 Å². The summed E-state index contributed by atoms with van der Waals surface area (Å²) in [6, 6.07) is 2.96. The molecule has 1 aromatic carbocycles. The van der Waals surface area contributed by atoms with E-state index in [4.69, 9.17) is 0 Å². The predicted octanol–water partition coefficient (Wildman–Crippen LogP) is 1.45. The smallest absolute Gasteiger partial charge is 0.249 e. The second kappa shape index (κ2) is 5.83. The molecule has 1 amide bonds. The van der Waals surface area contributed by atoms with Gasteiger partial charge < -0.3 is 4.90 Å². The van der Waals surface area contributed by atoms with E-state index >= 15 is 0 Å². The first-order chi connectivity index (χ1) is 10.8. The van der Waals surface area contributed by atoms with Crippen LogP contribution in [0.25, 0.3) is 0 Å². The molecule has 2 aliphatic rings. The maximum absolute atomic E-state index is 13.8. The van der Waals surface area contributed by atoms with E-state index in [1.807, 2.05) is 6.92 Å². The van der Waals surface area contributed by atoms with Crippen LogP contribution in [-0.4, -0.2) is 49.7 Å². The third-order valence-electron chi connectivity index (χ3n) is 4.49. The molecule has 1 saturated carbocycles. The van der Waals surface area contributed by atoms with Gasteiger partial charge in [0.15, 0.2) is 4.90 Å². The molecule has 3 rings (SSSR count). The fraction of sp³-hybridized carbons (Fsp3) is 0.533. The van der Waals surface area contributed by atoms with Crippen molar-refractivity contribution in [2.75, 3.05) is 26.2 Å². The number of sulfonamides is 1. The maximum atomic E-state index is 13.8. The minimum Gasteiger partial charge on any atom is -0.340 e. The van der Waals surface area contributed by atoms with Gasteiger partial charge in [-0.2, -0.15) is 4.31 Å². The average molecular weight is 344 g/mol. The summed E-state index contributed by atoms with van der Waals surface area (Å²) in [6.45, 7) is 2.59. The van der Waals surface area contributed by atoms with Gasteiger partial charge in [-0.15, -0.1) is 0 Å². The number of carbonyl (C=O) groups excluding carboxylic acids is 1. The molecule has 0 spiro atoms. The topological polar surface area (TPSA) is 57.7 Å². The summed E-state index contributed by atoms with van der Waals surface area (Å²) in [5.74, 6) is -1.73. The number of amides is 1. The molecule has 1 aliphatic heterocycles. The van der Waals surface area contributed by atoms with Crippen LogP contribution >= 0.6 is 0 Å². The molecule has 2 fully saturated rings. The Morgan fingerprint density at radius 1 is 1.13 bits per heavy atom. The predicted molar refractivity (Wildman–Crippen MR) is 79.0 cm³/mol. The largest absolute Gasteiger partial charge is 0.340 e. The summed E-state index contributed by atoms with van der Waals surface area (Å²) >= 11 is 0. The molecule has 0 bridgehead atoms. The lowest BCUT2D eigenvalue weighted by Crippen LogP contribution is -2.51. The number of piperazine rings is 1. The molecule has 23 heavy (non-hydrogen) atoms. The molecule has 8 heteroatoms. The lowest BCUT2D eigenvalue weighted by Gasteiger charge is -2.34. The number of nitrogens with zero attached hydrogens (tertiary/aromatic N) is 2. The minimum absolute atomic E-state index is 0.0437. The molecule has 126 valence electrons. The van der Waals surface area contributed by atoms with Crippen molar-refractivity contribution in [3.05, 3.63) is 29.8 Å². The summed E-state index contributed by atoms with van der Waals surface area (Å²) in [5, 5.41) is 0. The van der Waals surface area contributed by atoms with Crippen LogP contribution in [0.5, 0.6) is 0 Å². The Balaban J connectivity index is 1.73. The first kappa shape index (κ1) is 16.3. The highest BCUT2D eigenvalue weighted by Crippen LogP contribution is 2.39. The zero-order valence-electron chi connectivity index (χ0n) is 12.7. The number of hydrogen-bond donors (Lipinski definition) is 0. The van der Waals surface area contributed by atoms with Crippen molar-refractivity contribution in [3.8, 4) is 0 Å². The van der Waals surface area contributed by atoms with Crippen LogP contribution in [0.15, 0.2) is 23.1 Å². The molecule has 5 nitrogen and oxygen atoms in total. The molecule has 2 atom stereocenters. The zero-order valence-corrected chi connectivity index (χ0v) is 13.5. The number of halogens is 2. The van der Waals surface area contributed by atoms with E-state index in [0.717, 1.165) is 28.9 Å². The number of hydrogen-bond acceptors (Lipinski definition) is 3. The van der Waals surface area contributed by atoms with Gasteiger partial charge in [0, 0.05) is 32.1 Å². The van der Waals surface area contributed by atoms with E-state index in [-0.39, 0.29) is 38.0 Å². The first-order valence-corrected chi connectivity index (χ1v) is 8.99. The first-order valence-electron chi connectivity index (χ1n) is 7.55. The van der Waals surface area contributed by atoms with Crippen LogP contribution in [0.3, 0.4) is 0 Å². The van der Waals surface area contributed by atoms with Crippen molar-refractivity contribution >= 4 is 15.9 Å². The highest BCUT2D eigenvalue weighted by molar-refractivity contribution is 7.89. The quantitative estimate of drug-likeness (QED) is 0.834. The van der Waals surface area contributed by atoms with E-state index in [0.29, 0.717) is 5.92 Å². The standard InChI is InChI=1S/C15H18F2N2O3S/c1-10-9-11(10)15(20)18-5-7-19(8-6-18)23(21,22)14-12(16)3-2-4-13(14)17/h2-4,10-11H,5-9H2,1H3. The van der Waals surface area contributed by atoms with Crippen molar-refractivity contribution < 1.29 is 22.0 Å². The van der Waals surface area contributed by atoms with Gasteiger partial charge in [0.05, 0.1) is 0 Å². The molecule has 1 aliphatic carbocycles. The molecule has 2 unspecified atom stereocenters. The van der Waals surface area contributed by atoms with E-state index in [1.54, 1.807) is 4.90 Å². The van der Waals surface area contributed by atoms with Gasteiger partial charge in [0.25, 0.3) is 0 Å². The van der Waals surface area contributed by atoms with Crippen molar-refractivity contribution in [1.82, 2.24) is 9.21 Å². The van der Waals surface area contributed by atoms with Gasteiger partial charge in [0.1, 0.15) is 11.6 Å². The van der Waals surface area contributed by atoms with Gasteiger partial charge in [-0.25, -0.2) is 17.2 Å². The summed E-state index contributed by atoms with van der Waals surface area (Å²) in [4.78, 5) is 12.9. The van der Waals surface area contributed by atoms with E-state index in [1.165, 1.54) is 0 Å². The fourth-order valence-corrected chi connectivity index (χ4v) is 4.44. The van der Waals surface area contributed by atoms with E-state index < -0.39 is 26.6 Å². The lowest BCUT2D eigenvalue weighted by atomic mass is 10.2. The van der Waals surface area contributed by atoms with Crippen LogP contribution in [-0.2, 0) is 14.8 Å². The Kier molecular flexibility index (Phi) is 4.14. The molecular weight excluding hydrogens is 326 g/mol. The van der Waals surface area contributed by atoms with E-state index in [9.17, 15) is 22.0 Å². The Labute approximate surface area is 133 Å². The molecule has 0 aromatic heterocycles. The zero-order chi connectivity index (χ0) is 16.8. The molecular formula is C15H18F2N2O3S. The molecule has 0 radical (unpaired) electrons. The van der Waals surface area contributed by atoms with Crippen molar-refractivity contribution in [3.63, 3.8) is 0 Å². The van der Waals surface area contributed by atoms with Crippen molar-refractivity contribution in [1.29, 1.82) is 0 Å². The van der Waals surface area contributed by atoms with Crippen LogP contribution in [0.4, 0.5) is 8.78 Å². The average Bonchev–Trinajstić information content (AvgIpc) is 3.23. The Morgan fingerprint density at radius 2 is 1.65 bits per heavy atom. The monoisotopic (exact) mass is 344 g/mol. The number of benzene rings is 1. The van der Waals surface area contributed by atoms with Gasteiger partial charge in [-0.1, -0.05) is 13.0 Å². The second-order valence-electron chi connectivity index (χ2n) is 6.10. The molecule has 1 aromatic rings. The van der Waals surface area contributed by atoms with Crippen LogP contribution in [0.2, 0.25) is 0 Å². The van der Waals surface area contributed by atoms with Crippen LogP contribution < -0.4 is 0 Å². The summed E-state index contributed by atoms with van der Waals surface area (Å²) in [6.07, 6.45) is 0.873. The highest BCUT2D eigenvalue weighted by atomic mass is 32.2. The summed E-state index contributed by atoms with van der Waals surface area (Å²) < 4.78 is 53.4. The third kappa shape index (κ3) is 2.97. The van der Waals surface area contributed by atoms with Crippen LogP contribution in [0.1, 0.15) is 13.3 Å². The van der Waals surface area contributed by atoms with E-state index in [2.05, 4.69) is 0 Å². The number of carbonyl (C=O) groups is 1. The molecule has 0 N–H and O–H groups in total. The molecule has 1 heterocycles. The van der Waals surface area contributed by atoms with Crippen molar-refractivity contribution in [2.45, 2.75) is 18.2 Å². The van der Waals surface area contributed by atoms with Crippen molar-refractivity contribution in [2.24, 2.45) is 11.8 Å². The normalized spacial score (nSPS) is 25.4. The fourth-order valence-electron chi connectivity index (χ4n) is 2.91.